The highest BCUT2D eigenvalue weighted by Crippen LogP contribution is 2.29. The van der Waals surface area contributed by atoms with E-state index < -0.39 is 0 Å². The quantitative estimate of drug-likeness (QED) is 0.734. The molecule has 1 N–H and O–H groups in total. The second-order valence-electron chi connectivity index (χ2n) is 7.06. The Labute approximate surface area is 164 Å². The molecule has 1 saturated heterocycles. The van der Waals surface area contributed by atoms with Crippen LogP contribution in [-0.4, -0.2) is 23.6 Å². The van der Waals surface area contributed by atoms with Crippen LogP contribution >= 0.6 is 0 Å². The molecule has 6 nitrogen and oxygen atoms in total. The summed E-state index contributed by atoms with van der Waals surface area (Å²) in [5, 5.41) is 12.6. The standard InChI is InChI=1S/C22H22N4O2/c1-15-13-17(25-9-3-4-10-25)7-8-19(15)24-21(27)20-16(2)28-22(18(20)14-23)26-11-5-6-12-26/h5-8,11-13H,3-4,9-10H2,1-2H3,(H,24,27). The summed E-state index contributed by atoms with van der Waals surface area (Å²) >= 11 is 0. The van der Waals surface area contributed by atoms with E-state index in [2.05, 4.69) is 22.4 Å². The molecule has 0 aliphatic carbocycles. The van der Waals surface area contributed by atoms with Crippen molar-refractivity contribution in [3.8, 4) is 12.0 Å². The van der Waals surface area contributed by atoms with Gasteiger partial charge in [-0.2, -0.15) is 5.26 Å². The number of rotatable bonds is 4. The number of carbonyl (C=O) groups excluding carboxylic acids is 1. The van der Waals surface area contributed by atoms with E-state index in [-0.39, 0.29) is 17.0 Å². The zero-order chi connectivity index (χ0) is 19.7. The number of furan rings is 1. The zero-order valence-electron chi connectivity index (χ0n) is 16.0. The molecule has 1 aliphatic heterocycles. The Bertz CT molecular complexity index is 1050. The first-order valence-electron chi connectivity index (χ1n) is 9.42. The molecule has 1 amide bonds. The lowest BCUT2D eigenvalue weighted by Gasteiger charge is -2.19. The molecule has 1 aliphatic rings. The molecule has 3 heterocycles. The van der Waals surface area contributed by atoms with Crippen molar-refractivity contribution < 1.29 is 9.21 Å². The Hall–Kier alpha value is -3.46. The van der Waals surface area contributed by atoms with Gasteiger partial charge in [0.25, 0.3) is 5.91 Å². The predicted octanol–water partition coefficient (Wildman–Crippen LogP) is 4.41. The number of aromatic nitrogens is 1. The smallest absolute Gasteiger partial charge is 0.260 e. The summed E-state index contributed by atoms with van der Waals surface area (Å²) in [6.45, 7) is 5.83. The number of nitrogens with one attached hydrogen (secondary N) is 1. The zero-order valence-corrected chi connectivity index (χ0v) is 16.0. The van der Waals surface area contributed by atoms with Crippen molar-refractivity contribution in [3.63, 3.8) is 0 Å². The lowest BCUT2D eigenvalue weighted by atomic mass is 10.1. The van der Waals surface area contributed by atoms with Gasteiger partial charge < -0.3 is 14.6 Å². The monoisotopic (exact) mass is 374 g/mol. The van der Waals surface area contributed by atoms with Crippen LogP contribution in [0.15, 0.2) is 47.1 Å². The molecule has 0 saturated carbocycles. The summed E-state index contributed by atoms with van der Waals surface area (Å²) in [6, 6.07) is 11.9. The maximum atomic E-state index is 12.9. The number of nitrogens with zero attached hydrogens (tertiary/aromatic N) is 3. The molecular weight excluding hydrogens is 352 g/mol. The van der Waals surface area contributed by atoms with E-state index in [1.54, 1.807) is 23.9 Å². The highest BCUT2D eigenvalue weighted by molar-refractivity contribution is 6.07. The van der Waals surface area contributed by atoms with Crippen LogP contribution in [-0.2, 0) is 0 Å². The summed E-state index contributed by atoms with van der Waals surface area (Å²) in [5.74, 6) is 0.438. The van der Waals surface area contributed by atoms with Gasteiger partial charge in [0.15, 0.2) is 0 Å². The highest BCUT2D eigenvalue weighted by atomic mass is 16.4. The number of amides is 1. The van der Waals surface area contributed by atoms with Crippen molar-refractivity contribution in [1.29, 1.82) is 5.26 Å². The van der Waals surface area contributed by atoms with E-state index in [0.717, 1.165) is 24.3 Å². The summed E-state index contributed by atoms with van der Waals surface area (Å²) in [6.07, 6.45) is 6.00. The summed E-state index contributed by atoms with van der Waals surface area (Å²) in [7, 11) is 0. The van der Waals surface area contributed by atoms with Crippen LogP contribution in [0.5, 0.6) is 0 Å². The Balaban J connectivity index is 1.62. The van der Waals surface area contributed by atoms with Crippen molar-refractivity contribution in [2.75, 3.05) is 23.3 Å². The number of hydrogen-bond acceptors (Lipinski definition) is 4. The van der Waals surface area contributed by atoms with Gasteiger partial charge in [-0.15, -0.1) is 0 Å². The number of nitriles is 1. The van der Waals surface area contributed by atoms with Gasteiger partial charge in [0.2, 0.25) is 5.88 Å². The maximum absolute atomic E-state index is 12.9. The van der Waals surface area contributed by atoms with Gasteiger partial charge in [-0.1, -0.05) is 0 Å². The van der Waals surface area contributed by atoms with Crippen LogP contribution < -0.4 is 10.2 Å². The summed E-state index contributed by atoms with van der Waals surface area (Å²) in [5.41, 5.74) is 3.41. The van der Waals surface area contributed by atoms with Crippen LogP contribution in [0.2, 0.25) is 0 Å². The van der Waals surface area contributed by atoms with Gasteiger partial charge in [0.1, 0.15) is 23.0 Å². The van der Waals surface area contributed by atoms with Crippen LogP contribution in [0, 0.1) is 25.2 Å². The average Bonchev–Trinajstić information content (AvgIpc) is 3.43. The molecule has 1 fully saturated rings. The van der Waals surface area contributed by atoms with Crippen molar-refractivity contribution in [2.45, 2.75) is 26.7 Å². The molecule has 0 atom stereocenters. The third-order valence-electron chi connectivity index (χ3n) is 5.17. The first-order valence-corrected chi connectivity index (χ1v) is 9.42. The molecule has 2 aromatic heterocycles. The van der Waals surface area contributed by atoms with Gasteiger partial charge >= 0.3 is 0 Å². The number of aryl methyl sites for hydroxylation is 2. The minimum atomic E-state index is -0.340. The molecule has 0 spiro atoms. The molecule has 0 radical (unpaired) electrons. The Kier molecular flexibility index (Phi) is 4.66. The SMILES string of the molecule is Cc1cc(N2CCCC2)ccc1NC(=O)c1c(C)oc(-n2cccc2)c1C#N. The molecule has 4 rings (SSSR count). The maximum Gasteiger partial charge on any atom is 0.260 e. The van der Waals surface area contributed by atoms with Gasteiger partial charge in [-0.25, -0.2) is 0 Å². The van der Waals surface area contributed by atoms with Crippen molar-refractivity contribution in [2.24, 2.45) is 0 Å². The molecule has 6 heteroatoms. The number of anilines is 2. The fourth-order valence-electron chi connectivity index (χ4n) is 3.70. The Morgan fingerprint density at radius 3 is 2.54 bits per heavy atom. The van der Waals surface area contributed by atoms with Gasteiger partial charge in [0.05, 0.1) is 0 Å². The largest absolute Gasteiger partial charge is 0.443 e. The van der Waals surface area contributed by atoms with E-state index in [1.165, 1.54) is 18.5 Å². The van der Waals surface area contributed by atoms with Crippen LogP contribution in [0.3, 0.4) is 0 Å². The van der Waals surface area contributed by atoms with Gasteiger partial charge in [-0.3, -0.25) is 9.36 Å². The normalized spacial score (nSPS) is 13.5. The van der Waals surface area contributed by atoms with Crippen molar-refractivity contribution in [1.82, 2.24) is 4.57 Å². The van der Waals surface area contributed by atoms with Crippen LogP contribution in [0.25, 0.3) is 5.88 Å². The molecule has 0 unspecified atom stereocenters. The number of benzene rings is 1. The Morgan fingerprint density at radius 2 is 1.89 bits per heavy atom. The lowest BCUT2D eigenvalue weighted by molar-refractivity contribution is 0.102. The summed E-state index contributed by atoms with van der Waals surface area (Å²) < 4.78 is 7.42. The molecule has 1 aromatic carbocycles. The summed E-state index contributed by atoms with van der Waals surface area (Å²) in [4.78, 5) is 15.3. The first-order chi connectivity index (χ1) is 13.6. The minimum Gasteiger partial charge on any atom is -0.443 e. The van der Waals surface area contributed by atoms with Gasteiger partial charge in [-0.05, 0) is 62.6 Å². The minimum absolute atomic E-state index is 0.234. The number of carbonyl (C=O) groups is 1. The second kappa shape index (κ2) is 7.28. The first kappa shape index (κ1) is 17.9. The fourth-order valence-corrected chi connectivity index (χ4v) is 3.70. The topological polar surface area (TPSA) is 74.2 Å². The third kappa shape index (κ3) is 3.16. The van der Waals surface area contributed by atoms with Crippen molar-refractivity contribution in [3.05, 3.63) is 65.2 Å². The third-order valence-corrected chi connectivity index (χ3v) is 5.17. The van der Waals surface area contributed by atoms with Crippen LogP contribution in [0.4, 0.5) is 11.4 Å². The van der Waals surface area contributed by atoms with E-state index >= 15 is 0 Å². The molecule has 142 valence electrons. The van der Waals surface area contributed by atoms with E-state index in [1.807, 2.05) is 31.2 Å². The lowest BCUT2D eigenvalue weighted by Crippen LogP contribution is -2.18. The Morgan fingerprint density at radius 1 is 1.18 bits per heavy atom. The molecule has 28 heavy (non-hydrogen) atoms. The fraction of sp³-hybridized carbons (Fsp3) is 0.273. The highest BCUT2D eigenvalue weighted by Gasteiger charge is 2.25. The molecular formula is C22H22N4O2. The van der Waals surface area contributed by atoms with Crippen molar-refractivity contribution >= 4 is 17.3 Å². The van der Waals surface area contributed by atoms with E-state index in [4.69, 9.17) is 4.42 Å². The predicted molar refractivity (Wildman–Crippen MR) is 108 cm³/mol. The number of hydrogen-bond donors (Lipinski definition) is 1. The second-order valence-corrected chi connectivity index (χ2v) is 7.06. The van der Waals surface area contributed by atoms with E-state index in [9.17, 15) is 10.1 Å². The van der Waals surface area contributed by atoms with Crippen LogP contribution in [0.1, 0.15) is 40.1 Å². The molecule has 0 bridgehead atoms. The average molecular weight is 374 g/mol. The van der Waals surface area contributed by atoms with Gasteiger partial charge in [0, 0.05) is 36.9 Å². The van der Waals surface area contributed by atoms with E-state index in [0.29, 0.717) is 11.6 Å². The molecule has 3 aromatic rings.